The Balaban J connectivity index is 0.000000127. The van der Waals surface area contributed by atoms with E-state index in [4.69, 9.17) is 14.6 Å². The molecule has 0 bridgehead atoms. The van der Waals surface area contributed by atoms with Crippen molar-refractivity contribution < 1.29 is 49.1 Å². The molecule has 2 unspecified atom stereocenters. The number of thiazole rings is 5. The Labute approximate surface area is 703 Å². The molecule has 25 nitrogen and oxygen atoms in total. The summed E-state index contributed by atoms with van der Waals surface area (Å²) in [7, 11) is 0. The van der Waals surface area contributed by atoms with Gasteiger partial charge < -0.3 is 80.1 Å². The molecule has 7 fully saturated rings. The molecule has 3 amide bonds. The molecule has 3 aromatic carbocycles. The number of aromatic nitrogens is 5. The molecule has 31 heteroatoms. The molecule has 5 aromatic heterocycles. The number of fused-ring (bicyclic) bond motifs is 3. The monoisotopic (exact) mass is 1730 g/mol. The van der Waals surface area contributed by atoms with Crippen molar-refractivity contribution in [3.05, 3.63) is 155 Å². The first-order valence-electron chi connectivity index (χ1n) is 41.3. The van der Waals surface area contributed by atoms with Crippen LogP contribution in [0.1, 0.15) is 147 Å². The van der Waals surface area contributed by atoms with E-state index in [0.29, 0.717) is 70.5 Å². The molecule has 18 rings (SSSR count). The van der Waals surface area contributed by atoms with Gasteiger partial charge >= 0.3 is 5.97 Å². The average Bonchev–Trinajstić information content (AvgIpc) is 1.80. The Morgan fingerprint density at radius 2 is 0.722 bits per heavy atom. The van der Waals surface area contributed by atoms with Crippen LogP contribution in [0, 0.1) is 23.7 Å². The lowest BCUT2D eigenvalue weighted by atomic mass is 9.88. The molecule has 13 heterocycles. The van der Waals surface area contributed by atoms with Crippen molar-refractivity contribution in [2.75, 3.05) is 144 Å². The van der Waals surface area contributed by atoms with Crippen molar-refractivity contribution >= 4 is 117 Å². The van der Waals surface area contributed by atoms with Gasteiger partial charge in [-0.3, -0.25) is 19.2 Å². The molecule has 10 atom stereocenters. The predicted molar refractivity (Wildman–Crippen MR) is 458 cm³/mol. The molecule has 8 aromatic rings. The van der Waals surface area contributed by atoms with Crippen LogP contribution < -0.4 is 45.0 Å². The van der Waals surface area contributed by atoms with Crippen LogP contribution in [-0.2, 0) is 44.9 Å². The second-order valence-corrected chi connectivity index (χ2v) is 37.3. The van der Waals surface area contributed by atoms with E-state index in [-0.39, 0.29) is 53.5 Å². The van der Waals surface area contributed by atoms with Gasteiger partial charge in [-0.15, -0.1) is 56.7 Å². The predicted octanol–water partition coefficient (Wildman–Crippen LogP) is 11.3. The normalized spacial score (nSPS) is 22.2. The van der Waals surface area contributed by atoms with Crippen molar-refractivity contribution in [3.8, 4) is 11.5 Å². The number of rotatable bonds is 23. The number of aliphatic hydroxyl groups excluding tert-OH is 3. The van der Waals surface area contributed by atoms with Crippen LogP contribution >= 0.6 is 72.6 Å². The quantitative estimate of drug-likeness (QED) is 0.0313. The number of anilines is 4. The largest absolute Gasteiger partial charge is 0.486 e. The van der Waals surface area contributed by atoms with Crippen molar-refractivity contribution in [2.45, 2.75) is 152 Å². The molecule has 618 valence electrons. The fourth-order valence-electron chi connectivity index (χ4n) is 17.4. The number of benzene rings is 3. The number of ether oxygens (including phenoxy) is 2. The van der Waals surface area contributed by atoms with E-state index >= 15 is 0 Å². The number of likely N-dealkylation sites (tertiary alicyclic amines) is 3. The highest BCUT2D eigenvalue weighted by atomic mass is 79.9. The molecule has 0 radical (unpaired) electrons. The molecular weight excluding hydrogens is 1620 g/mol. The number of carboxylic acids is 1. The van der Waals surface area contributed by atoms with E-state index < -0.39 is 30.3 Å². The molecule has 0 saturated carbocycles. The zero-order chi connectivity index (χ0) is 79.4. The van der Waals surface area contributed by atoms with Crippen LogP contribution in [0.25, 0.3) is 0 Å². The molecule has 7 N–H and O–H groups in total. The molecule has 2 aliphatic carbocycles. The van der Waals surface area contributed by atoms with Crippen LogP contribution in [0.15, 0.2) is 116 Å². The van der Waals surface area contributed by atoms with E-state index in [0.717, 1.165) is 171 Å². The second kappa shape index (κ2) is 41.9. The minimum atomic E-state index is -0.827. The second-order valence-electron chi connectivity index (χ2n) is 31.7. The van der Waals surface area contributed by atoms with Gasteiger partial charge in [-0.2, -0.15) is 0 Å². The van der Waals surface area contributed by atoms with Crippen LogP contribution in [0.3, 0.4) is 0 Å². The van der Waals surface area contributed by atoms with Gasteiger partial charge in [-0.25, -0.2) is 24.9 Å². The number of hydrogen-bond donors (Lipinski definition) is 7. The number of carboxylic acid groups (broad SMARTS) is 1. The zero-order valence-electron chi connectivity index (χ0n) is 65.4. The number of halogens is 1. The summed E-state index contributed by atoms with van der Waals surface area (Å²) in [6, 6.07) is 17.4. The standard InChI is InChI=1S/2C25H34N4O2S.C23H30N4O4S.C8H10N2O2S.C3H2BrNS/c2*30-23(20-8-7-18-5-1-2-6-19(18)15-20)22(17-28-11-3-4-12-28)27-24(31)21-9-13-29(16-21)25-26-10-14-32-25;28-21(16-3-4-19-20(13-16)31-11-10-30-19)18(15-26-7-1-2-8-26)25-22(29)17-5-9-27(14-17)23-24-6-12-32-23;11-7(12)6-1-3-10(5-6)8-9-2-4-13-8;4-3-5-1-2-6-3/h2*7-8,10,14-15,21-23,30H,1-6,9,11-13,16-17H2,(H,27,31);3-4,6,12-13,17-18,21,28H,1-2,5,7-11,14-15H2,(H,25,29);2,4,6H,1,3,5H2,(H,11,12);1-2H/t21?,22-,23-;21-,22-,23-;17-,18+,21+;;/m110../s1. The summed E-state index contributed by atoms with van der Waals surface area (Å²) in [5.41, 5.74) is 8.18. The smallest absolute Gasteiger partial charge is 0.308 e. The summed E-state index contributed by atoms with van der Waals surface area (Å²) in [5.74, 6) is 0.330. The van der Waals surface area contributed by atoms with E-state index in [9.17, 15) is 34.5 Å². The number of amides is 3. The van der Waals surface area contributed by atoms with Gasteiger partial charge in [0.1, 0.15) is 31.5 Å². The third kappa shape index (κ3) is 23.2. The first kappa shape index (κ1) is 84.2. The number of carbonyl (C=O) groups excluding carboxylic acids is 3. The molecule has 7 saturated heterocycles. The van der Waals surface area contributed by atoms with Gasteiger partial charge in [0.25, 0.3) is 0 Å². The van der Waals surface area contributed by atoms with Crippen molar-refractivity contribution in [2.24, 2.45) is 23.7 Å². The zero-order valence-corrected chi connectivity index (χ0v) is 71.1. The van der Waals surface area contributed by atoms with Gasteiger partial charge in [0.05, 0.1) is 41.8 Å². The maximum absolute atomic E-state index is 13.2. The first-order valence-corrected chi connectivity index (χ1v) is 46.5. The topological polar surface area (TPSA) is 291 Å². The molecule has 0 spiro atoms. The lowest BCUT2D eigenvalue weighted by Crippen LogP contribution is -2.48. The summed E-state index contributed by atoms with van der Waals surface area (Å²) in [4.78, 5) is 87.1. The van der Waals surface area contributed by atoms with Gasteiger partial charge in [0, 0.05) is 130 Å². The van der Waals surface area contributed by atoms with Crippen molar-refractivity contribution in [1.29, 1.82) is 0 Å². The summed E-state index contributed by atoms with van der Waals surface area (Å²) >= 11 is 11.2. The SMILES string of the molecule is Brc1nccs1.O=C(N[C@H](CN1CCCC1)[C@H](O)c1ccc2c(c1)CCCC2)C1CCN(c2nccs2)C1.O=C(N[C@H](CN1CCCC1)[C@H](O)c1ccc2c(c1)CCCC2)[C@@H]1CCN(c2nccs2)C1.O=C(N[C@H](CN1CCCC1)[C@H](O)c1ccc2c(c1)OCCO2)[C@H]1CCN(c2nccs2)C1.O=C(O)C1CCN(c2nccs2)C1. The average molecular weight is 1730 g/mol. The van der Waals surface area contributed by atoms with Gasteiger partial charge in [-0.05, 0) is 222 Å². The van der Waals surface area contributed by atoms with Crippen molar-refractivity contribution in [1.82, 2.24) is 55.6 Å². The highest BCUT2D eigenvalue weighted by molar-refractivity contribution is 9.11. The summed E-state index contributed by atoms with van der Waals surface area (Å²) in [6.07, 6.45) is 26.4. The van der Waals surface area contributed by atoms with Crippen LogP contribution in [0.4, 0.5) is 20.5 Å². The third-order valence-electron chi connectivity index (χ3n) is 23.8. The Morgan fingerprint density at radius 1 is 0.400 bits per heavy atom. The first-order chi connectivity index (χ1) is 56.2. The molecule has 115 heavy (non-hydrogen) atoms. The molecular formula is C84H110BrN15O10S5. The summed E-state index contributed by atoms with van der Waals surface area (Å²) in [6.45, 7) is 15.3. The van der Waals surface area contributed by atoms with Crippen LogP contribution in [-0.4, -0.2) is 226 Å². The lowest BCUT2D eigenvalue weighted by molar-refractivity contribution is -0.141. The molecule has 8 aliphatic heterocycles. The van der Waals surface area contributed by atoms with E-state index in [2.05, 4.69) is 123 Å². The number of nitrogens with one attached hydrogen (secondary N) is 3. The number of aliphatic hydroxyl groups is 3. The third-order valence-corrected chi connectivity index (χ3v) is 28.5. The fourth-order valence-corrected chi connectivity index (χ4v) is 20.9. The number of aliphatic carboxylic acids is 1. The highest BCUT2D eigenvalue weighted by Crippen LogP contribution is 2.37. The number of nitrogens with zero attached hydrogens (tertiary/aromatic N) is 12. The summed E-state index contributed by atoms with van der Waals surface area (Å²) in [5, 5.41) is 66.1. The van der Waals surface area contributed by atoms with Gasteiger partial charge in [-0.1, -0.05) is 42.5 Å². The van der Waals surface area contributed by atoms with Gasteiger partial charge in [0.15, 0.2) is 35.9 Å². The van der Waals surface area contributed by atoms with E-state index in [1.165, 1.54) is 73.6 Å². The van der Waals surface area contributed by atoms with E-state index in [1.54, 1.807) is 75.3 Å². The van der Waals surface area contributed by atoms with Crippen molar-refractivity contribution in [3.63, 3.8) is 0 Å². The Hall–Kier alpha value is -7.27. The maximum Gasteiger partial charge on any atom is 0.308 e. The minimum Gasteiger partial charge on any atom is -0.486 e. The number of hydrogen-bond acceptors (Lipinski definition) is 26. The van der Waals surface area contributed by atoms with Gasteiger partial charge in [0.2, 0.25) is 17.7 Å². The number of aryl methyl sites for hydroxylation is 4. The highest BCUT2D eigenvalue weighted by Gasteiger charge is 2.39. The minimum absolute atomic E-state index is 0.00449. The lowest BCUT2D eigenvalue weighted by Gasteiger charge is -2.30. The van der Waals surface area contributed by atoms with Crippen LogP contribution in [0.2, 0.25) is 0 Å². The van der Waals surface area contributed by atoms with Crippen LogP contribution in [0.5, 0.6) is 11.5 Å². The Bertz CT molecular complexity index is 3970. The Kier molecular flexibility index (Phi) is 30.7. The summed E-state index contributed by atoms with van der Waals surface area (Å²) < 4.78 is 12.2. The van der Waals surface area contributed by atoms with E-state index in [1.807, 2.05) is 62.4 Å². The fraction of sp³-hybridized carbons (Fsp3) is 0.560. The Morgan fingerprint density at radius 3 is 1.04 bits per heavy atom. The number of carbonyl (C=O) groups is 4. The maximum atomic E-state index is 13.2. The molecule has 10 aliphatic rings.